The molecular formula is C15H12F3N3S. The lowest BCUT2D eigenvalue weighted by molar-refractivity contribution is -0.141. The van der Waals surface area contributed by atoms with Crippen LogP contribution in [0, 0.1) is 0 Å². The molecule has 0 atom stereocenters. The van der Waals surface area contributed by atoms with Gasteiger partial charge in [0.2, 0.25) is 0 Å². The van der Waals surface area contributed by atoms with E-state index in [1.54, 1.807) is 23.4 Å². The van der Waals surface area contributed by atoms with E-state index in [2.05, 4.69) is 9.97 Å². The second-order valence-corrected chi connectivity index (χ2v) is 5.58. The van der Waals surface area contributed by atoms with Crippen molar-refractivity contribution in [2.24, 2.45) is 7.05 Å². The van der Waals surface area contributed by atoms with E-state index in [9.17, 15) is 13.2 Å². The van der Waals surface area contributed by atoms with Crippen LogP contribution < -0.4 is 0 Å². The smallest absolute Gasteiger partial charge is 0.312 e. The number of nitrogens with zero attached hydrogens (tertiary/aromatic N) is 3. The number of hydrogen-bond donors (Lipinski definition) is 0. The van der Waals surface area contributed by atoms with Crippen LogP contribution in [0.25, 0.3) is 22.6 Å². The summed E-state index contributed by atoms with van der Waals surface area (Å²) in [4.78, 5) is 9.16. The SMILES string of the molecule is CSc1ccccc1-c1nc2ccc(C(F)(F)F)nc2n1C. The molecule has 0 bridgehead atoms. The van der Waals surface area contributed by atoms with E-state index in [1.165, 1.54) is 6.07 Å². The Labute approximate surface area is 129 Å². The van der Waals surface area contributed by atoms with Crippen molar-refractivity contribution in [3.8, 4) is 11.4 Å². The van der Waals surface area contributed by atoms with E-state index in [-0.39, 0.29) is 5.65 Å². The van der Waals surface area contributed by atoms with Crippen LogP contribution in [-0.2, 0) is 13.2 Å². The molecule has 0 N–H and O–H groups in total. The third-order valence-corrected chi connectivity index (χ3v) is 4.15. The van der Waals surface area contributed by atoms with Crippen LogP contribution in [-0.4, -0.2) is 20.8 Å². The lowest BCUT2D eigenvalue weighted by Crippen LogP contribution is -2.08. The Morgan fingerprint density at radius 1 is 1.05 bits per heavy atom. The monoisotopic (exact) mass is 323 g/mol. The van der Waals surface area contributed by atoms with Gasteiger partial charge >= 0.3 is 6.18 Å². The second-order valence-electron chi connectivity index (χ2n) is 4.73. The number of rotatable bonds is 2. The first kappa shape index (κ1) is 14.9. The first-order valence-electron chi connectivity index (χ1n) is 6.46. The minimum atomic E-state index is -4.46. The number of pyridine rings is 1. The fourth-order valence-corrected chi connectivity index (χ4v) is 2.89. The van der Waals surface area contributed by atoms with Crippen molar-refractivity contribution in [3.63, 3.8) is 0 Å². The maximum Gasteiger partial charge on any atom is 0.433 e. The summed E-state index contributed by atoms with van der Waals surface area (Å²) in [5.74, 6) is 0.603. The average molecular weight is 323 g/mol. The summed E-state index contributed by atoms with van der Waals surface area (Å²) in [7, 11) is 1.68. The van der Waals surface area contributed by atoms with Crippen molar-refractivity contribution in [1.82, 2.24) is 14.5 Å². The first-order chi connectivity index (χ1) is 10.4. The summed E-state index contributed by atoms with van der Waals surface area (Å²) in [6, 6.07) is 9.96. The largest absolute Gasteiger partial charge is 0.433 e. The van der Waals surface area contributed by atoms with Crippen LogP contribution in [0.2, 0.25) is 0 Å². The second kappa shape index (κ2) is 5.31. The van der Waals surface area contributed by atoms with Gasteiger partial charge in [-0.25, -0.2) is 9.97 Å². The van der Waals surface area contributed by atoms with Crippen LogP contribution in [0.1, 0.15) is 5.69 Å². The third-order valence-electron chi connectivity index (χ3n) is 3.35. The molecular weight excluding hydrogens is 311 g/mol. The molecule has 3 rings (SSSR count). The molecule has 114 valence electrons. The number of benzene rings is 1. The van der Waals surface area contributed by atoms with Crippen LogP contribution >= 0.6 is 11.8 Å². The Morgan fingerprint density at radius 3 is 2.45 bits per heavy atom. The maximum absolute atomic E-state index is 12.8. The fraction of sp³-hybridized carbons (Fsp3) is 0.200. The highest BCUT2D eigenvalue weighted by atomic mass is 32.2. The Bertz CT molecular complexity index is 840. The number of imidazole rings is 1. The van der Waals surface area contributed by atoms with Crippen molar-refractivity contribution in [2.75, 3.05) is 6.26 Å². The molecule has 0 amide bonds. The molecule has 0 saturated carbocycles. The predicted octanol–water partition coefficient (Wildman–Crippen LogP) is 4.38. The number of fused-ring (bicyclic) bond motifs is 1. The van der Waals surface area contributed by atoms with Gasteiger partial charge in [0, 0.05) is 17.5 Å². The van der Waals surface area contributed by atoms with Gasteiger partial charge in [-0.05, 0) is 24.5 Å². The molecule has 3 aromatic rings. The molecule has 2 heterocycles. The number of aromatic nitrogens is 3. The van der Waals surface area contributed by atoms with Gasteiger partial charge in [-0.2, -0.15) is 13.2 Å². The first-order valence-corrected chi connectivity index (χ1v) is 7.68. The van der Waals surface area contributed by atoms with Gasteiger partial charge in [-0.3, -0.25) is 0 Å². The van der Waals surface area contributed by atoms with Crippen molar-refractivity contribution < 1.29 is 13.2 Å². The standard InChI is InChI=1S/C15H12F3N3S/c1-21-13(9-5-3-4-6-11(9)22-2)19-10-7-8-12(15(16,17)18)20-14(10)21/h3-8H,1-2H3. The molecule has 0 saturated heterocycles. The van der Waals surface area contributed by atoms with Crippen molar-refractivity contribution in [3.05, 3.63) is 42.1 Å². The molecule has 0 aliphatic rings. The highest BCUT2D eigenvalue weighted by molar-refractivity contribution is 7.98. The molecule has 0 aliphatic heterocycles. The Morgan fingerprint density at radius 2 is 1.77 bits per heavy atom. The number of alkyl halides is 3. The van der Waals surface area contributed by atoms with E-state index in [0.29, 0.717) is 11.3 Å². The van der Waals surface area contributed by atoms with Crippen molar-refractivity contribution >= 4 is 22.9 Å². The number of aryl methyl sites for hydroxylation is 1. The van der Waals surface area contributed by atoms with Crippen molar-refractivity contribution in [1.29, 1.82) is 0 Å². The lowest BCUT2D eigenvalue weighted by Gasteiger charge is -2.07. The summed E-state index contributed by atoms with van der Waals surface area (Å²) in [6.45, 7) is 0. The van der Waals surface area contributed by atoms with E-state index in [4.69, 9.17) is 0 Å². The molecule has 0 unspecified atom stereocenters. The van der Waals surface area contributed by atoms with Gasteiger partial charge in [0.1, 0.15) is 17.0 Å². The van der Waals surface area contributed by atoms with Gasteiger partial charge in [0.05, 0.1) is 0 Å². The van der Waals surface area contributed by atoms with Gasteiger partial charge in [-0.1, -0.05) is 18.2 Å². The van der Waals surface area contributed by atoms with E-state index >= 15 is 0 Å². The summed E-state index contributed by atoms with van der Waals surface area (Å²) < 4.78 is 40.0. The minimum Gasteiger partial charge on any atom is -0.312 e. The molecule has 0 aliphatic carbocycles. The number of hydrogen-bond acceptors (Lipinski definition) is 3. The highest BCUT2D eigenvalue weighted by Gasteiger charge is 2.33. The zero-order chi connectivity index (χ0) is 15.9. The van der Waals surface area contributed by atoms with Crippen LogP contribution in [0.4, 0.5) is 13.2 Å². The molecule has 3 nitrogen and oxygen atoms in total. The van der Waals surface area contributed by atoms with Crippen LogP contribution in [0.3, 0.4) is 0 Å². The van der Waals surface area contributed by atoms with Gasteiger partial charge in [-0.15, -0.1) is 11.8 Å². The third kappa shape index (κ3) is 2.45. The predicted molar refractivity (Wildman–Crippen MR) is 80.7 cm³/mol. The topological polar surface area (TPSA) is 30.7 Å². The van der Waals surface area contributed by atoms with Gasteiger partial charge in [0.15, 0.2) is 5.65 Å². The zero-order valence-electron chi connectivity index (χ0n) is 11.8. The molecule has 0 radical (unpaired) electrons. The van der Waals surface area contributed by atoms with Crippen molar-refractivity contribution in [2.45, 2.75) is 11.1 Å². The Balaban J connectivity index is 2.22. The highest BCUT2D eigenvalue weighted by Crippen LogP contribution is 2.33. The quantitative estimate of drug-likeness (QED) is 0.656. The summed E-state index contributed by atoms with van der Waals surface area (Å²) >= 11 is 1.56. The summed E-state index contributed by atoms with van der Waals surface area (Å²) in [5, 5.41) is 0. The summed E-state index contributed by atoms with van der Waals surface area (Å²) in [6.07, 6.45) is -2.52. The summed E-state index contributed by atoms with van der Waals surface area (Å²) in [5.41, 5.74) is 0.638. The molecule has 0 spiro atoms. The zero-order valence-corrected chi connectivity index (χ0v) is 12.7. The number of thioether (sulfide) groups is 1. The Kier molecular flexibility index (Phi) is 3.60. The van der Waals surface area contributed by atoms with E-state index < -0.39 is 11.9 Å². The number of halogens is 3. The van der Waals surface area contributed by atoms with Gasteiger partial charge in [0.25, 0.3) is 0 Å². The van der Waals surface area contributed by atoms with Crippen LogP contribution in [0.15, 0.2) is 41.3 Å². The molecule has 1 aromatic carbocycles. The van der Waals surface area contributed by atoms with Gasteiger partial charge < -0.3 is 4.57 Å². The Hall–Kier alpha value is -2.02. The molecule has 2 aromatic heterocycles. The van der Waals surface area contributed by atoms with E-state index in [1.807, 2.05) is 30.5 Å². The lowest BCUT2D eigenvalue weighted by atomic mass is 10.2. The molecule has 22 heavy (non-hydrogen) atoms. The fourth-order valence-electron chi connectivity index (χ4n) is 2.29. The average Bonchev–Trinajstić information content (AvgIpc) is 2.83. The van der Waals surface area contributed by atoms with Crippen LogP contribution in [0.5, 0.6) is 0 Å². The molecule has 7 heteroatoms. The normalized spacial score (nSPS) is 12.0. The molecule has 0 fully saturated rings. The van der Waals surface area contributed by atoms with E-state index in [0.717, 1.165) is 16.5 Å². The maximum atomic E-state index is 12.8. The minimum absolute atomic E-state index is 0.223.